The van der Waals surface area contributed by atoms with Gasteiger partial charge in [0.1, 0.15) is 22.5 Å². The van der Waals surface area contributed by atoms with Gasteiger partial charge in [0, 0.05) is 18.7 Å². The first-order chi connectivity index (χ1) is 16.2. The molecule has 7 nitrogen and oxygen atoms in total. The molecular weight excluding hydrogens is 414 g/mol. The predicted molar refractivity (Wildman–Crippen MR) is 131 cm³/mol. The zero-order chi connectivity index (χ0) is 22.9. The summed E-state index contributed by atoms with van der Waals surface area (Å²) >= 11 is 0. The van der Waals surface area contributed by atoms with E-state index in [2.05, 4.69) is 6.92 Å². The number of nitrogens with zero attached hydrogens (tertiary/aromatic N) is 5. The average Bonchev–Trinajstić information content (AvgIpc) is 3.15. The first-order valence-corrected chi connectivity index (χ1v) is 11.6. The van der Waals surface area contributed by atoms with E-state index in [0.29, 0.717) is 41.8 Å². The van der Waals surface area contributed by atoms with E-state index >= 15 is 0 Å². The minimum atomic E-state index is -0.0513. The summed E-state index contributed by atoms with van der Waals surface area (Å²) in [6.07, 6.45) is 2.60. The van der Waals surface area contributed by atoms with Crippen LogP contribution in [-0.4, -0.2) is 30.7 Å². The van der Waals surface area contributed by atoms with Gasteiger partial charge < -0.3 is 4.74 Å². The largest absolute Gasteiger partial charge is 0.494 e. The van der Waals surface area contributed by atoms with Crippen molar-refractivity contribution in [3.63, 3.8) is 0 Å². The Morgan fingerprint density at radius 3 is 2.27 bits per heavy atom. The van der Waals surface area contributed by atoms with Crippen LogP contribution in [0.2, 0.25) is 0 Å². The van der Waals surface area contributed by atoms with Crippen molar-refractivity contribution in [2.75, 3.05) is 6.61 Å². The summed E-state index contributed by atoms with van der Waals surface area (Å²) < 4.78 is 9.37. The minimum absolute atomic E-state index is 0.0513. The van der Waals surface area contributed by atoms with Crippen molar-refractivity contribution in [1.29, 1.82) is 0 Å². The third kappa shape index (κ3) is 3.53. The van der Waals surface area contributed by atoms with Gasteiger partial charge in [0.2, 0.25) is 0 Å². The number of hydrogen-bond acceptors (Lipinski definition) is 5. The lowest BCUT2D eigenvalue weighted by Crippen LogP contribution is -2.25. The summed E-state index contributed by atoms with van der Waals surface area (Å²) in [5.74, 6) is 1.57. The molecule has 0 N–H and O–H groups in total. The summed E-state index contributed by atoms with van der Waals surface area (Å²) in [7, 11) is 0. The fourth-order valence-corrected chi connectivity index (χ4v) is 4.29. The van der Waals surface area contributed by atoms with Crippen LogP contribution in [0, 0.1) is 0 Å². The molecule has 0 amide bonds. The molecule has 0 saturated heterocycles. The number of hydrogen-bond donors (Lipinski definition) is 0. The number of aryl methyl sites for hydroxylation is 1. The second kappa shape index (κ2) is 8.65. The Hall–Kier alpha value is -3.74. The molecule has 0 bridgehead atoms. The van der Waals surface area contributed by atoms with Crippen molar-refractivity contribution in [2.45, 2.75) is 46.6 Å². The molecule has 3 aromatic heterocycles. The minimum Gasteiger partial charge on any atom is -0.494 e. The molecule has 0 aliphatic rings. The number of rotatable bonds is 7. The molecule has 0 aliphatic carbocycles. The second-order valence-electron chi connectivity index (χ2n) is 8.04. The number of unbranched alkanes of at least 4 members (excludes halogenated alkanes) is 1. The van der Waals surface area contributed by atoms with E-state index in [9.17, 15) is 4.79 Å². The van der Waals surface area contributed by atoms with Crippen molar-refractivity contribution in [2.24, 2.45) is 0 Å². The van der Waals surface area contributed by atoms with E-state index in [1.54, 1.807) is 0 Å². The van der Waals surface area contributed by atoms with Crippen LogP contribution in [-0.2, 0) is 13.0 Å². The summed E-state index contributed by atoms with van der Waals surface area (Å²) in [5.41, 5.74) is 4.17. The Morgan fingerprint density at radius 2 is 1.61 bits per heavy atom. The zero-order valence-electron chi connectivity index (χ0n) is 19.2. The summed E-state index contributed by atoms with van der Waals surface area (Å²) in [6.45, 7) is 7.37. The Bertz CT molecular complexity index is 1520. The monoisotopic (exact) mass is 441 g/mol. The first kappa shape index (κ1) is 21.1. The van der Waals surface area contributed by atoms with Crippen molar-refractivity contribution < 1.29 is 4.74 Å². The van der Waals surface area contributed by atoms with E-state index in [0.717, 1.165) is 41.1 Å². The van der Waals surface area contributed by atoms with E-state index in [4.69, 9.17) is 19.7 Å². The van der Waals surface area contributed by atoms with Crippen molar-refractivity contribution >= 4 is 33.2 Å². The fourth-order valence-electron chi connectivity index (χ4n) is 4.29. The predicted octanol–water partition coefficient (Wildman–Crippen LogP) is 5.04. The lowest BCUT2D eigenvalue weighted by molar-refractivity contribution is 0.340. The normalized spacial score (nSPS) is 11.6. The highest BCUT2D eigenvalue weighted by molar-refractivity contribution is 6.05. The molecular formula is C26H27N5O2. The van der Waals surface area contributed by atoms with Gasteiger partial charge in [-0.15, -0.1) is 0 Å². The highest BCUT2D eigenvalue weighted by Crippen LogP contribution is 2.29. The van der Waals surface area contributed by atoms with Crippen LogP contribution in [0.25, 0.3) is 38.9 Å². The van der Waals surface area contributed by atoms with Crippen molar-refractivity contribution in [3.05, 3.63) is 64.7 Å². The van der Waals surface area contributed by atoms with Gasteiger partial charge in [-0.05, 0) is 49.7 Å². The molecule has 0 atom stereocenters. The summed E-state index contributed by atoms with van der Waals surface area (Å²) in [4.78, 5) is 28.5. The van der Waals surface area contributed by atoms with Crippen LogP contribution in [0.1, 0.15) is 39.4 Å². The molecule has 2 aromatic carbocycles. The SMILES string of the molecule is CCCCn1c(CC)nc2c(c1=O)c1nc3ccccc3nc1n2-c1ccc(OCC)cc1. The van der Waals surface area contributed by atoms with E-state index in [1.807, 2.05) is 71.5 Å². The smallest absolute Gasteiger partial charge is 0.265 e. The molecule has 0 aliphatic heterocycles. The standard InChI is InChI=1S/C26H27N5O2/c1-4-7-16-30-21(5-2)29-24-22(26(30)32)23-25(28-20-11-9-8-10-19(20)27-23)31(24)17-12-14-18(15-13-17)33-6-3/h8-15H,4-7,16H2,1-3H3. The van der Waals surface area contributed by atoms with Crippen LogP contribution in [0.3, 0.4) is 0 Å². The van der Waals surface area contributed by atoms with Crippen LogP contribution < -0.4 is 10.3 Å². The fraction of sp³-hybridized carbons (Fsp3) is 0.308. The summed E-state index contributed by atoms with van der Waals surface area (Å²) in [5, 5.41) is 0.519. The maximum absolute atomic E-state index is 13.8. The van der Waals surface area contributed by atoms with Gasteiger partial charge >= 0.3 is 0 Å². The Balaban J connectivity index is 1.89. The molecule has 0 saturated carbocycles. The van der Waals surface area contributed by atoms with Crippen LogP contribution in [0.4, 0.5) is 0 Å². The van der Waals surface area contributed by atoms with Gasteiger partial charge in [0.05, 0.1) is 17.6 Å². The molecule has 5 aromatic rings. The highest BCUT2D eigenvalue weighted by atomic mass is 16.5. The lowest BCUT2D eigenvalue weighted by atomic mass is 10.2. The van der Waals surface area contributed by atoms with Crippen LogP contribution in [0.15, 0.2) is 53.3 Å². The number of para-hydroxylation sites is 2. The molecule has 3 heterocycles. The highest BCUT2D eigenvalue weighted by Gasteiger charge is 2.22. The first-order valence-electron chi connectivity index (χ1n) is 11.6. The average molecular weight is 442 g/mol. The molecule has 0 fully saturated rings. The van der Waals surface area contributed by atoms with Crippen molar-refractivity contribution in [1.82, 2.24) is 24.1 Å². The molecule has 7 heteroatoms. The van der Waals surface area contributed by atoms with Gasteiger partial charge in [-0.25, -0.2) is 15.0 Å². The number of aromatic nitrogens is 5. The molecule has 0 spiro atoms. The molecule has 0 unspecified atom stereocenters. The van der Waals surface area contributed by atoms with E-state index in [1.165, 1.54) is 0 Å². The number of ether oxygens (including phenoxy) is 1. The Morgan fingerprint density at radius 1 is 0.879 bits per heavy atom. The lowest BCUT2D eigenvalue weighted by Gasteiger charge is -2.12. The summed E-state index contributed by atoms with van der Waals surface area (Å²) in [6, 6.07) is 15.5. The van der Waals surface area contributed by atoms with Crippen molar-refractivity contribution in [3.8, 4) is 11.4 Å². The van der Waals surface area contributed by atoms with Crippen LogP contribution in [0.5, 0.6) is 5.75 Å². The topological polar surface area (TPSA) is 74.8 Å². The van der Waals surface area contributed by atoms with Gasteiger partial charge in [0.15, 0.2) is 11.3 Å². The van der Waals surface area contributed by atoms with E-state index in [-0.39, 0.29) is 5.56 Å². The maximum atomic E-state index is 13.8. The Labute approximate surface area is 191 Å². The van der Waals surface area contributed by atoms with E-state index < -0.39 is 0 Å². The second-order valence-corrected chi connectivity index (χ2v) is 8.04. The maximum Gasteiger partial charge on any atom is 0.265 e. The zero-order valence-corrected chi connectivity index (χ0v) is 19.2. The molecule has 5 rings (SSSR count). The van der Waals surface area contributed by atoms with Gasteiger partial charge in [0.25, 0.3) is 5.56 Å². The van der Waals surface area contributed by atoms with Gasteiger partial charge in [-0.3, -0.25) is 13.9 Å². The quantitative estimate of drug-likeness (QED) is 0.353. The third-order valence-electron chi connectivity index (χ3n) is 5.90. The van der Waals surface area contributed by atoms with Gasteiger partial charge in [-0.2, -0.15) is 0 Å². The molecule has 0 radical (unpaired) electrons. The number of fused-ring (bicyclic) bond motifs is 4. The molecule has 168 valence electrons. The molecule has 33 heavy (non-hydrogen) atoms. The van der Waals surface area contributed by atoms with Crippen LogP contribution >= 0.6 is 0 Å². The third-order valence-corrected chi connectivity index (χ3v) is 5.90. The Kier molecular flexibility index (Phi) is 5.54. The van der Waals surface area contributed by atoms with Gasteiger partial charge in [-0.1, -0.05) is 32.4 Å². The number of benzene rings is 2.